The lowest BCUT2D eigenvalue weighted by molar-refractivity contribution is 0.598. The summed E-state index contributed by atoms with van der Waals surface area (Å²) in [5, 5.41) is 0.840. The molecule has 0 aliphatic heterocycles. The van der Waals surface area contributed by atoms with Gasteiger partial charge in [0, 0.05) is 5.30 Å². The molecule has 1 aromatic carbocycles. The van der Waals surface area contributed by atoms with Crippen LogP contribution in [0.1, 0.15) is 0 Å². The van der Waals surface area contributed by atoms with Gasteiger partial charge in [-0.15, -0.1) is 0 Å². The minimum Gasteiger partial charge on any atom is -0.277 e. The molecule has 51 valence electrons. The Kier molecular flexibility index (Phi) is 2.35. The minimum absolute atomic E-state index is 0.840. The molecule has 1 radical (unpaired) electrons. The van der Waals surface area contributed by atoms with Gasteiger partial charge in [-0.25, -0.2) is 0 Å². The topological polar surface area (TPSA) is 17.1 Å². The van der Waals surface area contributed by atoms with E-state index in [0.717, 1.165) is 5.30 Å². The highest BCUT2D eigenvalue weighted by Crippen LogP contribution is 2.18. The van der Waals surface area contributed by atoms with Gasteiger partial charge in [-0.05, 0) is 17.9 Å². The van der Waals surface area contributed by atoms with E-state index in [1.807, 2.05) is 30.3 Å². The van der Waals surface area contributed by atoms with Gasteiger partial charge in [0.2, 0.25) is 0 Å². The van der Waals surface area contributed by atoms with Crippen molar-refractivity contribution in [1.82, 2.24) is 0 Å². The second kappa shape index (κ2) is 3.28. The SMILES string of the molecule is C=C[P](=O)c1ccccc1. The third-order valence-corrected chi connectivity index (χ3v) is 2.32. The summed E-state index contributed by atoms with van der Waals surface area (Å²) >= 11 is 0. The average molecular weight is 151 g/mol. The van der Waals surface area contributed by atoms with Crippen LogP contribution >= 0.6 is 7.80 Å². The summed E-state index contributed by atoms with van der Waals surface area (Å²) in [7, 11) is -1.36. The van der Waals surface area contributed by atoms with Crippen molar-refractivity contribution in [2.45, 2.75) is 0 Å². The van der Waals surface area contributed by atoms with E-state index in [4.69, 9.17) is 0 Å². The number of benzene rings is 1. The molecule has 0 heterocycles. The average Bonchev–Trinajstić information content (AvgIpc) is 2.05. The fraction of sp³-hybridized carbons (Fsp3) is 0. The van der Waals surface area contributed by atoms with Gasteiger partial charge in [-0.2, -0.15) is 0 Å². The highest BCUT2D eigenvalue weighted by molar-refractivity contribution is 7.56. The second-order valence-corrected chi connectivity index (χ2v) is 3.38. The lowest BCUT2D eigenvalue weighted by Gasteiger charge is -1.91. The van der Waals surface area contributed by atoms with Gasteiger partial charge in [0.15, 0.2) is 0 Å². The molecule has 0 spiro atoms. The molecule has 0 aliphatic carbocycles. The van der Waals surface area contributed by atoms with Crippen LogP contribution in [0.5, 0.6) is 0 Å². The first-order valence-corrected chi connectivity index (χ1v) is 4.31. The van der Waals surface area contributed by atoms with E-state index in [2.05, 4.69) is 6.58 Å². The monoisotopic (exact) mass is 151 g/mol. The van der Waals surface area contributed by atoms with Crippen molar-refractivity contribution in [3.8, 4) is 0 Å². The van der Waals surface area contributed by atoms with Gasteiger partial charge >= 0.3 is 0 Å². The fourth-order valence-electron chi connectivity index (χ4n) is 0.680. The third-order valence-electron chi connectivity index (χ3n) is 1.18. The minimum atomic E-state index is -1.36. The Morgan fingerprint density at radius 3 is 2.40 bits per heavy atom. The predicted octanol–water partition coefficient (Wildman–Crippen LogP) is 2.28. The molecule has 10 heavy (non-hydrogen) atoms. The molecule has 0 amide bonds. The zero-order valence-corrected chi connectivity index (χ0v) is 6.42. The molecule has 0 aromatic heterocycles. The van der Waals surface area contributed by atoms with Crippen LogP contribution in [0.15, 0.2) is 42.7 Å². The Hall–Kier alpha value is -0.940. The number of rotatable bonds is 2. The van der Waals surface area contributed by atoms with E-state index in [1.165, 1.54) is 5.82 Å². The Bertz CT molecular complexity index is 241. The molecule has 0 N–H and O–H groups in total. The van der Waals surface area contributed by atoms with Crippen molar-refractivity contribution in [2.75, 3.05) is 0 Å². The Morgan fingerprint density at radius 1 is 1.30 bits per heavy atom. The standard InChI is InChI=1S/C8H8OP/c1-2-10(9)8-6-4-3-5-7-8/h2-7H,1H2. The Balaban J connectivity index is 2.95. The Labute approximate surface area is 61.2 Å². The first kappa shape index (κ1) is 7.17. The Morgan fingerprint density at radius 2 is 1.90 bits per heavy atom. The number of hydrogen-bond acceptors (Lipinski definition) is 1. The van der Waals surface area contributed by atoms with Crippen molar-refractivity contribution in [3.05, 3.63) is 42.7 Å². The molecular formula is C8H8OP. The molecule has 0 saturated carbocycles. The lowest BCUT2D eigenvalue weighted by Crippen LogP contribution is -1.90. The highest BCUT2D eigenvalue weighted by atomic mass is 31.1. The van der Waals surface area contributed by atoms with Crippen molar-refractivity contribution in [3.63, 3.8) is 0 Å². The molecule has 1 rings (SSSR count). The van der Waals surface area contributed by atoms with Gasteiger partial charge in [-0.3, -0.25) is 4.57 Å². The maximum Gasteiger partial charge on any atom is 0.128 e. The van der Waals surface area contributed by atoms with Gasteiger partial charge < -0.3 is 0 Å². The van der Waals surface area contributed by atoms with Crippen LogP contribution < -0.4 is 5.30 Å². The zero-order valence-electron chi connectivity index (χ0n) is 5.53. The molecule has 0 aliphatic rings. The molecule has 1 atom stereocenters. The van der Waals surface area contributed by atoms with Crippen molar-refractivity contribution in [2.24, 2.45) is 0 Å². The van der Waals surface area contributed by atoms with E-state index in [1.54, 1.807) is 0 Å². The molecule has 2 heteroatoms. The van der Waals surface area contributed by atoms with E-state index in [0.29, 0.717) is 0 Å². The van der Waals surface area contributed by atoms with E-state index in [-0.39, 0.29) is 0 Å². The van der Waals surface area contributed by atoms with Crippen LogP contribution in [-0.4, -0.2) is 0 Å². The predicted molar refractivity (Wildman–Crippen MR) is 43.9 cm³/mol. The van der Waals surface area contributed by atoms with Gasteiger partial charge in [-0.1, -0.05) is 24.8 Å². The van der Waals surface area contributed by atoms with Crippen LogP contribution in [0.2, 0.25) is 0 Å². The summed E-state index contributed by atoms with van der Waals surface area (Å²) in [5.74, 6) is 1.46. The summed E-state index contributed by atoms with van der Waals surface area (Å²) in [5.41, 5.74) is 0. The first-order chi connectivity index (χ1) is 4.84. The number of hydrogen-bond donors (Lipinski definition) is 0. The molecule has 0 bridgehead atoms. The molecular weight excluding hydrogens is 143 g/mol. The van der Waals surface area contributed by atoms with Crippen molar-refractivity contribution >= 4 is 13.1 Å². The molecule has 0 fully saturated rings. The van der Waals surface area contributed by atoms with Crippen LogP contribution in [0.4, 0.5) is 0 Å². The van der Waals surface area contributed by atoms with Crippen LogP contribution in [0, 0.1) is 0 Å². The quantitative estimate of drug-likeness (QED) is 0.592. The largest absolute Gasteiger partial charge is 0.277 e. The highest BCUT2D eigenvalue weighted by Gasteiger charge is 1.94. The van der Waals surface area contributed by atoms with Gasteiger partial charge in [0.25, 0.3) is 0 Å². The fourth-order valence-corrected chi connectivity index (χ4v) is 1.36. The van der Waals surface area contributed by atoms with E-state index < -0.39 is 7.80 Å². The maximum absolute atomic E-state index is 11.0. The molecule has 0 saturated heterocycles. The van der Waals surface area contributed by atoms with Crippen molar-refractivity contribution in [1.29, 1.82) is 0 Å². The smallest absolute Gasteiger partial charge is 0.128 e. The first-order valence-electron chi connectivity index (χ1n) is 2.98. The zero-order chi connectivity index (χ0) is 7.40. The summed E-state index contributed by atoms with van der Waals surface area (Å²) in [4.78, 5) is 0. The van der Waals surface area contributed by atoms with Crippen molar-refractivity contribution < 1.29 is 4.57 Å². The summed E-state index contributed by atoms with van der Waals surface area (Å²) in [6.45, 7) is 3.45. The van der Waals surface area contributed by atoms with Gasteiger partial charge in [0.05, 0.1) is 0 Å². The van der Waals surface area contributed by atoms with E-state index >= 15 is 0 Å². The normalized spacial score (nSPS) is 10.6. The second-order valence-electron chi connectivity index (χ2n) is 1.84. The van der Waals surface area contributed by atoms with Crippen LogP contribution in [-0.2, 0) is 4.57 Å². The molecule has 1 unspecified atom stereocenters. The summed E-state index contributed by atoms with van der Waals surface area (Å²) in [6, 6.07) is 9.30. The third kappa shape index (κ3) is 1.52. The molecule has 1 aromatic rings. The van der Waals surface area contributed by atoms with Crippen LogP contribution in [0.3, 0.4) is 0 Å². The maximum atomic E-state index is 11.0. The lowest BCUT2D eigenvalue weighted by atomic mass is 10.4. The summed E-state index contributed by atoms with van der Waals surface area (Å²) in [6.07, 6.45) is 0. The van der Waals surface area contributed by atoms with Crippen LogP contribution in [0.25, 0.3) is 0 Å². The van der Waals surface area contributed by atoms with Gasteiger partial charge in [0.1, 0.15) is 7.80 Å². The molecule has 1 nitrogen and oxygen atoms in total. The van der Waals surface area contributed by atoms with E-state index in [9.17, 15) is 4.57 Å². The summed E-state index contributed by atoms with van der Waals surface area (Å²) < 4.78 is 11.0.